The van der Waals surface area contributed by atoms with Crippen LogP contribution in [-0.2, 0) is 0 Å². The number of nitrogens with zero attached hydrogens (tertiary/aromatic N) is 1. The first-order valence-electron chi connectivity index (χ1n) is 5.83. The molecule has 1 aliphatic rings. The zero-order chi connectivity index (χ0) is 11.3. The lowest BCUT2D eigenvalue weighted by molar-refractivity contribution is 0.599. The van der Waals surface area contributed by atoms with Crippen molar-refractivity contribution in [2.24, 2.45) is 0 Å². The molecule has 0 bridgehead atoms. The second-order valence-corrected chi connectivity index (χ2v) is 3.70. The first-order valence-corrected chi connectivity index (χ1v) is 5.83. The van der Waals surface area contributed by atoms with E-state index in [1.165, 1.54) is 11.3 Å². The van der Waals surface area contributed by atoms with Crippen LogP contribution in [-0.4, -0.2) is 4.57 Å². The van der Waals surface area contributed by atoms with Gasteiger partial charge in [-0.15, -0.1) is 0 Å². The highest BCUT2D eigenvalue weighted by molar-refractivity contribution is 5.65. The number of fused-ring (bicyclic) bond motifs is 1. The maximum atomic E-state index is 2.31. The molecule has 0 aliphatic heterocycles. The van der Waals surface area contributed by atoms with Crippen molar-refractivity contribution in [1.29, 1.82) is 0 Å². The molecule has 0 amide bonds. The molecule has 1 nitrogen and oxygen atoms in total. The first-order chi connectivity index (χ1) is 7.29. The molecule has 1 aliphatic carbocycles. The van der Waals surface area contributed by atoms with Crippen molar-refractivity contribution in [3.8, 4) is 0 Å². The zero-order valence-electron chi connectivity index (χ0n) is 10.2. The summed E-state index contributed by atoms with van der Waals surface area (Å²) in [5.41, 5.74) is 2.67. The minimum atomic E-state index is 0.542. The normalized spacial score (nSPS) is 13.1. The van der Waals surface area contributed by atoms with Gasteiger partial charge in [-0.3, -0.25) is 0 Å². The highest BCUT2D eigenvalue weighted by atomic mass is 15.0. The molecule has 1 heteroatoms. The van der Waals surface area contributed by atoms with Crippen LogP contribution < -0.4 is 0 Å². The van der Waals surface area contributed by atoms with Gasteiger partial charge in [-0.05, 0) is 38.0 Å². The Kier molecular flexibility index (Phi) is 4.41. The van der Waals surface area contributed by atoms with Crippen LogP contribution in [0, 0.1) is 0 Å². The van der Waals surface area contributed by atoms with E-state index in [0.717, 1.165) is 6.42 Å². The number of hydrogen-bond acceptors (Lipinski definition) is 0. The summed E-state index contributed by atoms with van der Waals surface area (Å²) >= 11 is 0. The van der Waals surface area contributed by atoms with Crippen LogP contribution in [0.2, 0.25) is 0 Å². The SMILES string of the molecule is CC.CC(C)n1ccc2c1C=CCC=C2. The van der Waals surface area contributed by atoms with Gasteiger partial charge < -0.3 is 4.57 Å². The average molecular weight is 203 g/mol. The lowest BCUT2D eigenvalue weighted by Gasteiger charge is -2.10. The largest absolute Gasteiger partial charge is 0.345 e. The summed E-state index contributed by atoms with van der Waals surface area (Å²) in [5, 5.41) is 0. The molecule has 82 valence electrons. The summed E-state index contributed by atoms with van der Waals surface area (Å²) in [6, 6.07) is 2.72. The fraction of sp³-hybridized carbons (Fsp3) is 0.429. The number of aromatic nitrogens is 1. The van der Waals surface area contributed by atoms with Gasteiger partial charge in [0.05, 0.1) is 0 Å². The minimum Gasteiger partial charge on any atom is -0.345 e. The molecule has 0 atom stereocenters. The van der Waals surface area contributed by atoms with Gasteiger partial charge in [0.1, 0.15) is 0 Å². The molecule has 1 heterocycles. The van der Waals surface area contributed by atoms with Crippen LogP contribution in [0.1, 0.15) is 51.4 Å². The van der Waals surface area contributed by atoms with Crippen LogP contribution in [0.4, 0.5) is 0 Å². The monoisotopic (exact) mass is 203 g/mol. The number of rotatable bonds is 1. The summed E-state index contributed by atoms with van der Waals surface area (Å²) in [6.07, 6.45) is 12.0. The summed E-state index contributed by atoms with van der Waals surface area (Å²) < 4.78 is 2.31. The van der Waals surface area contributed by atoms with E-state index < -0.39 is 0 Å². The lowest BCUT2D eigenvalue weighted by Crippen LogP contribution is -2.01. The first kappa shape index (κ1) is 11.8. The highest BCUT2D eigenvalue weighted by Gasteiger charge is 2.07. The predicted molar refractivity (Wildman–Crippen MR) is 68.9 cm³/mol. The summed E-state index contributed by atoms with van der Waals surface area (Å²) in [6.45, 7) is 8.42. The van der Waals surface area contributed by atoms with Crippen molar-refractivity contribution in [3.63, 3.8) is 0 Å². The molecule has 0 unspecified atom stereocenters. The third-order valence-corrected chi connectivity index (χ3v) is 2.39. The van der Waals surface area contributed by atoms with E-state index in [-0.39, 0.29) is 0 Å². The topological polar surface area (TPSA) is 4.93 Å². The Bertz CT molecular complexity index is 353. The van der Waals surface area contributed by atoms with Gasteiger partial charge in [-0.2, -0.15) is 0 Å². The van der Waals surface area contributed by atoms with Crippen LogP contribution in [0.25, 0.3) is 12.2 Å². The third kappa shape index (κ3) is 2.62. The molecule has 1 aromatic heterocycles. The lowest BCUT2D eigenvalue weighted by atomic mass is 10.2. The molecule has 0 fully saturated rings. The van der Waals surface area contributed by atoms with Gasteiger partial charge in [0.2, 0.25) is 0 Å². The maximum absolute atomic E-state index is 2.31. The second kappa shape index (κ2) is 5.59. The fourth-order valence-electron chi connectivity index (χ4n) is 1.70. The minimum absolute atomic E-state index is 0.542. The second-order valence-electron chi connectivity index (χ2n) is 3.70. The van der Waals surface area contributed by atoms with Crippen molar-refractivity contribution in [2.45, 2.75) is 40.2 Å². The molecular weight excluding hydrogens is 182 g/mol. The molecule has 0 N–H and O–H groups in total. The van der Waals surface area contributed by atoms with Gasteiger partial charge in [-0.25, -0.2) is 0 Å². The molecule has 15 heavy (non-hydrogen) atoms. The third-order valence-electron chi connectivity index (χ3n) is 2.39. The van der Waals surface area contributed by atoms with Crippen molar-refractivity contribution in [3.05, 3.63) is 35.7 Å². The quantitative estimate of drug-likeness (QED) is 0.632. The van der Waals surface area contributed by atoms with E-state index in [4.69, 9.17) is 0 Å². The van der Waals surface area contributed by atoms with E-state index in [9.17, 15) is 0 Å². The number of hydrogen-bond donors (Lipinski definition) is 0. The fourth-order valence-corrected chi connectivity index (χ4v) is 1.70. The Morgan fingerprint density at radius 1 is 1.13 bits per heavy atom. The van der Waals surface area contributed by atoms with Crippen LogP contribution in [0.3, 0.4) is 0 Å². The van der Waals surface area contributed by atoms with Gasteiger partial charge in [0.15, 0.2) is 0 Å². The molecule has 0 saturated heterocycles. The molecule has 1 aromatic rings. The Morgan fingerprint density at radius 3 is 2.47 bits per heavy atom. The maximum Gasteiger partial charge on any atom is 0.0479 e. The number of allylic oxidation sites excluding steroid dienone is 2. The Balaban J connectivity index is 0.000000531. The van der Waals surface area contributed by atoms with Crippen molar-refractivity contribution in [1.82, 2.24) is 4.57 Å². The summed E-state index contributed by atoms with van der Waals surface area (Å²) in [7, 11) is 0. The van der Waals surface area contributed by atoms with Gasteiger partial charge in [0.25, 0.3) is 0 Å². The Hall–Kier alpha value is -1.24. The standard InChI is InChI=1S/C12H15N.C2H6/c1-10(2)13-9-8-11-6-4-3-5-7-12(11)13;1-2/h4-10H,3H2,1-2H3;1-2H3. The van der Waals surface area contributed by atoms with Crippen LogP contribution in [0.15, 0.2) is 24.4 Å². The van der Waals surface area contributed by atoms with Gasteiger partial charge in [-0.1, -0.05) is 32.1 Å². The van der Waals surface area contributed by atoms with E-state index in [0.29, 0.717) is 6.04 Å². The van der Waals surface area contributed by atoms with Crippen molar-refractivity contribution >= 4 is 12.2 Å². The molecular formula is C14H21N. The van der Waals surface area contributed by atoms with Crippen LogP contribution >= 0.6 is 0 Å². The molecule has 0 spiro atoms. The highest BCUT2D eigenvalue weighted by Crippen LogP contribution is 2.21. The van der Waals surface area contributed by atoms with Crippen LogP contribution in [0.5, 0.6) is 0 Å². The molecule has 0 radical (unpaired) electrons. The van der Waals surface area contributed by atoms with E-state index in [1.54, 1.807) is 0 Å². The van der Waals surface area contributed by atoms with Crippen molar-refractivity contribution < 1.29 is 0 Å². The van der Waals surface area contributed by atoms with Crippen molar-refractivity contribution in [2.75, 3.05) is 0 Å². The van der Waals surface area contributed by atoms with Gasteiger partial charge >= 0.3 is 0 Å². The average Bonchev–Trinajstić information content (AvgIpc) is 2.51. The summed E-state index contributed by atoms with van der Waals surface area (Å²) in [5.74, 6) is 0. The van der Waals surface area contributed by atoms with E-state index in [2.05, 4.69) is 55.0 Å². The zero-order valence-corrected chi connectivity index (χ0v) is 10.2. The van der Waals surface area contributed by atoms with E-state index in [1.807, 2.05) is 13.8 Å². The predicted octanol–water partition coefficient (Wildman–Crippen LogP) is 4.53. The van der Waals surface area contributed by atoms with E-state index >= 15 is 0 Å². The smallest absolute Gasteiger partial charge is 0.0479 e. The summed E-state index contributed by atoms with van der Waals surface area (Å²) in [4.78, 5) is 0. The Morgan fingerprint density at radius 2 is 1.80 bits per heavy atom. The van der Waals surface area contributed by atoms with Gasteiger partial charge in [0, 0.05) is 17.9 Å². The molecule has 0 aromatic carbocycles. The molecule has 2 rings (SSSR count). The Labute approximate surface area is 93.1 Å². The molecule has 0 saturated carbocycles.